The van der Waals surface area contributed by atoms with Gasteiger partial charge < -0.3 is 10.4 Å². The second-order valence-corrected chi connectivity index (χ2v) is 1.22. The summed E-state index contributed by atoms with van der Waals surface area (Å²) < 4.78 is 0. The molecule has 54 valence electrons. The van der Waals surface area contributed by atoms with Crippen molar-refractivity contribution in [2.75, 3.05) is 6.54 Å². The zero-order chi connectivity index (χ0) is 6.41. The van der Waals surface area contributed by atoms with Crippen molar-refractivity contribution in [3.05, 3.63) is 0 Å². The predicted molar refractivity (Wildman–Crippen MR) is 33.6 cm³/mol. The van der Waals surface area contributed by atoms with E-state index in [1.54, 1.807) is 0 Å². The fourth-order valence-corrected chi connectivity index (χ4v) is 0.238. The molecule has 0 aromatic rings. The van der Waals surface area contributed by atoms with E-state index in [0.29, 0.717) is 6.41 Å². The van der Waals surface area contributed by atoms with Crippen LogP contribution in [0.5, 0.6) is 0 Å². The molecule has 0 unspecified atom stereocenters. The van der Waals surface area contributed by atoms with Crippen LogP contribution in [-0.2, 0) is 9.59 Å². The van der Waals surface area contributed by atoms with E-state index < -0.39 is 5.97 Å². The number of rotatable bonds is 4. The maximum absolute atomic E-state index is 9.72. The fraction of sp³-hybridized carbons (Fsp3) is 0.500. The van der Waals surface area contributed by atoms with Crippen molar-refractivity contribution in [2.24, 2.45) is 0 Å². The Kier molecular flexibility index (Phi) is 8.90. The highest BCUT2D eigenvalue weighted by Crippen LogP contribution is 1.71. The van der Waals surface area contributed by atoms with Crippen LogP contribution in [0.2, 0.25) is 0 Å². The Bertz CT molecular complexity index is 95.8. The third-order valence-electron chi connectivity index (χ3n) is 0.567. The van der Waals surface area contributed by atoms with Crippen LogP contribution in [0, 0.1) is 0 Å². The van der Waals surface area contributed by atoms with Crippen molar-refractivity contribution in [3.63, 3.8) is 0 Å². The number of carboxylic acid groups (broad SMARTS) is 1. The summed E-state index contributed by atoms with van der Waals surface area (Å²) in [6, 6.07) is 0. The molecule has 0 aliphatic rings. The first kappa shape index (κ1) is 11.1. The van der Waals surface area contributed by atoms with Crippen LogP contribution in [0.15, 0.2) is 0 Å². The number of hydrogen-bond acceptors (Lipinski definition) is 2. The number of carbonyl (C=O) groups is 2. The molecule has 1 amide bonds. The lowest BCUT2D eigenvalue weighted by Gasteiger charge is -1.89. The van der Waals surface area contributed by atoms with Crippen molar-refractivity contribution in [1.29, 1.82) is 0 Å². The third kappa shape index (κ3) is 11.1. The maximum atomic E-state index is 9.72. The molecule has 0 aromatic heterocycles. The summed E-state index contributed by atoms with van der Waals surface area (Å²) in [5, 5.41) is 10.2. The van der Waals surface area contributed by atoms with Gasteiger partial charge in [0.25, 0.3) is 0 Å². The van der Waals surface area contributed by atoms with Crippen LogP contribution in [0.3, 0.4) is 0 Å². The molecule has 0 aliphatic heterocycles. The molecule has 0 bridgehead atoms. The average molecular weight is 154 g/mol. The topological polar surface area (TPSA) is 66.4 Å². The molecule has 0 aromatic carbocycles. The van der Waals surface area contributed by atoms with Gasteiger partial charge in [0, 0.05) is 6.54 Å². The second-order valence-electron chi connectivity index (χ2n) is 1.22. The second kappa shape index (κ2) is 7.23. The lowest BCUT2D eigenvalue weighted by molar-refractivity contribution is -0.136. The van der Waals surface area contributed by atoms with E-state index in [9.17, 15) is 9.59 Å². The van der Waals surface area contributed by atoms with Gasteiger partial charge in [0.1, 0.15) is 0 Å². The zero-order valence-electron chi connectivity index (χ0n) is 4.66. The Balaban J connectivity index is 0. The van der Waals surface area contributed by atoms with E-state index in [2.05, 4.69) is 5.32 Å². The van der Waals surface area contributed by atoms with Gasteiger partial charge in [-0.25, -0.2) is 0 Å². The van der Waals surface area contributed by atoms with Crippen LogP contribution in [0.25, 0.3) is 0 Å². The quantitative estimate of drug-likeness (QED) is 0.428. The molecule has 0 atom stereocenters. The number of nitrogens with one attached hydrogen (secondary N) is 1. The maximum Gasteiger partial charge on any atom is 0.305 e. The van der Waals surface area contributed by atoms with E-state index in [0.717, 1.165) is 0 Å². The summed E-state index contributed by atoms with van der Waals surface area (Å²) in [5.74, 6) is -0.903. The first-order valence-corrected chi connectivity index (χ1v) is 2.16. The molecule has 5 heteroatoms. The molecule has 0 saturated carbocycles. The van der Waals surface area contributed by atoms with Gasteiger partial charge in [-0.15, -0.1) is 12.4 Å². The number of aliphatic carboxylic acids is 1. The lowest BCUT2D eigenvalue weighted by atomic mass is 10.4. The highest BCUT2D eigenvalue weighted by atomic mass is 35.5. The molecular formula is C4H8ClNO3. The van der Waals surface area contributed by atoms with Gasteiger partial charge in [-0.05, 0) is 0 Å². The molecule has 0 aliphatic carbocycles. The summed E-state index contributed by atoms with van der Waals surface area (Å²) in [6.45, 7) is 0.207. The predicted octanol–water partition coefficient (Wildman–Crippen LogP) is -0.371. The molecule has 0 heterocycles. The Morgan fingerprint density at radius 3 is 2.56 bits per heavy atom. The molecule has 0 radical (unpaired) electrons. The van der Waals surface area contributed by atoms with Gasteiger partial charge >= 0.3 is 5.97 Å². The molecule has 0 spiro atoms. The number of hydrogen-bond donors (Lipinski definition) is 2. The van der Waals surface area contributed by atoms with E-state index in [1.165, 1.54) is 0 Å². The molecule has 9 heavy (non-hydrogen) atoms. The van der Waals surface area contributed by atoms with Crippen molar-refractivity contribution in [3.8, 4) is 0 Å². The fourth-order valence-electron chi connectivity index (χ4n) is 0.238. The monoisotopic (exact) mass is 153 g/mol. The molecular weight excluding hydrogens is 146 g/mol. The van der Waals surface area contributed by atoms with Crippen LogP contribution in [-0.4, -0.2) is 24.0 Å². The van der Waals surface area contributed by atoms with E-state index >= 15 is 0 Å². The highest BCUT2D eigenvalue weighted by Gasteiger charge is 1.91. The molecule has 4 nitrogen and oxygen atoms in total. The minimum absolute atomic E-state index is 0. The molecule has 0 fully saturated rings. The van der Waals surface area contributed by atoms with E-state index in [4.69, 9.17) is 5.11 Å². The van der Waals surface area contributed by atoms with Gasteiger partial charge in [-0.1, -0.05) is 0 Å². The van der Waals surface area contributed by atoms with Crippen molar-refractivity contribution in [2.45, 2.75) is 6.42 Å². The van der Waals surface area contributed by atoms with Crippen molar-refractivity contribution >= 4 is 24.8 Å². The van der Waals surface area contributed by atoms with Gasteiger partial charge in [0.05, 0.1) is 6.42 Å². The normalized spacial score (nSPS) is 7.11. The standard InChI is InChI=1S/C4H7NO3.ClH/c6-3-5-2-1-4(7)8;/h3H,1-2H2,(H,5,6)(H,7,8);1H. The Morgan fingerprint density at radius 2 is 2.22 bits per heavy atom. The molecule has 0 saturated heterocycles. The van der Waals surface area contributed by atoms with Gasteiger partial charge in [-0.3, -0.25) is 9.59 Å². The van der Waals surface area contributed by atoms with Crippen LogP contribution in [0.1, 0.15) is 6.42 Å². The van der Waals surface area contributed by atoms with E-state index in [1.807, 2.05) is 0 Å². The minimum atomic E-state index is -0.903. The van der Waals surface area contributed by atoms with Gasteiger partial charge in [0.2, 0.25) is 6.41 Å². The van der Waals surface area contributed by atoms with Crippen LogP contribution < -0.4 is 5.32 Å². The minimum Gasteiger partial charge on any atom is -0.481 e. The van der Waals surface area contributed by atoms with Crippen molar-refractivity contribution < 1.29 is 14.7 Å². The number of carbonyl (C=O) groups excluding carboxylic acids is 1. The number of carboxylic acids is 1. The average Bonchev–Trinajstić information content (AvgIpc) is 1.66. The first-order chi connectivity index (χ1) is 3.77. The molecule has 0 rings (SSSR count). The number of amides is 1. The number of halogens is 1. The summed E-state index contributed by atoms with van der Waals surface area (Å²) in [6.07, 6.45) is 0.460. The Labute approximate surface area is 58.7 Å². The summed E-state index contributed by atoms with van der Waals surface area (Å²) >= 11 is 0. The largest absolute Gasteiger partial charge is 0.481 e. The SMILES string of the molecule is Cl.O=CNCCC(=O)O. The summed E-state index contributed by atoms with van der Waals surface area (Å²) in [5.41, 5.74) is 0. The Hall–Kier alpha value is -0.770. The zero-order valence-corrected chi connectivity index (χ0v) is 5.48. The summed E-state index contributed by atoms with van der Waals surface area (Å²) in [7, 11) is 0. The van der Waals surface area contributed by atoms with Crippen LogP contribution >= 0.6 is 12.4 Å². The summed E-state index contributed by atoms with van der Waals surface area (Å²) in [4.78, 5) is 19.2. The van der Waals surface area contributed by atoms with Crippen molar-refractivity contribution in [1.82, 2.24) is 5.32 Å². The molecule has 2 N–H and O–H groups in total. The van der Waals surface area contributed by atoms with Gasteiger partial charge in [-0.2, -0.15) is 0 Å². The smallest absolute Gasteiger partial charge is 0.305 e. The highest BCUT2D eigenvalue weighted by molar-refractivity contribution is 5.85. The first-order valence-electron chi connectivity index (χ1n) is 2.16. The lowest BCUT2D eigenvalue weighted by Crippen LogP contribution is -2.15. The third-order valence-corrected chi connectivity index (χ3v) is 0.567. The van der Waals surface area contributed by atoms with Crippen LogP contribution in [0.4, 0.5) is 0 Å². The van der Waals surface area contributed by atoms with Gasteiger partial charge in [0.15, 0.2) is 0 Å². The van der Waals surface area contributed by atoms with E-state index in [-0.39, 0.29) is 25.4 Å². The Morgan fingerprint density at radius 1 is 1.67 bits per heavy atom.